The molecule has 184 valence electrons. The van der Waals surface area contributed by atoms with Gasteiger partial charge in [-0.25, -0.2) is 4.68 Å². The number of halogens is 3. The molecule has 0 unspecified atom stereocenters. The number of carbonyl (C=O) groups excluding carboxylic acids is 1. The Balaban J connectivity index is 1.48. The zero-order chi connectivity index (χ0) is 25.8. The van der Waals surface area contributed by atoms with E-state index in [1.807, 2.05) is 13.0 Å². The van der Waals surface area contributed by atoms with Gasteiger partial charge in [-0.15, -0.1) is 0 Å². The van der Waals surface area contributed by atoms with Gasteiger partial charge in [0.25, 0.3) is 11.6 Å². The third-order valence-electron chi connectivity index (χ3n) is 4.79. The third-order valence-corrected chi connectivity index (χ3v) is 5.64. The lowest BCUT2D eigenvalue weighted by Crippen LogP contribution is -2.14. The van der Waals surface area contributed by atoms with Crippen LogP contribution in [0.1, 0.15) is 16.1 Å². The molecular formula is C24H17Cl3N4O5. The number of nitro groups is 1. The van der Waals surface area contributed by atoms with Crippen LogP contribution in [0.4, 0.5) is 11.4 Å². The summed E-state index contributed by atoms with van der Waals surface area (Å²) in [6, 6.07) is 15.3. The predicted octanol–water partition coefficient (Wildman–Crippen LogP) is 7.14. The highest BCUT2D eigenvalue weighted by Gasteiger charge is 2.16. The summed E-state index contributed by atoms with van der Waals surface area (Å²) < 4.78 is 12.8. The highest BCUT2D eigenvalue weighted by Crippen LogP contribution is 2.34. The number of amides is 1. The minimum absolute atomic E-state index is 0.0209. The summed E-state index contributed by atoms with van der Waals surface area (Å²) in [5.74, 6) is 0.241. The summed E-state index contributed by atoms with van der Waals surface area (Å²) in [4.78, 5) is 23.6. The van der Waals surface area contributed by atoms with Crippen molar-refractivity contribution in [1.82, 2.24) is 9.78 Å². The average Bonchev–Trinajstić information content (AvgIpc) is 3.31. The highest BCUT2D eigenvalue weighted by atomic mass is 35.5. The number of aryl methyl sites for hydroxylation is 1. The van der Waals surface area contributed by atoms with Gasteiger partial charge >= 0.3 is 0 Å². The maximum atomic E-state index is 12.7. The number of non-ortho nitro benzene ring substituents is 1. The number of hydrogen-bond acceptors (Lipinski definition) is 6. The van der Waals surface area contributed by atoms with Crippen LogP contribution in [0.15, 0.2) is 66.9 Å². The summed E-state index contributed by atoms with van der Waals surface area (Å²) in [7, 11) is 0. The fraction of sp³-hybridized carbons (Fsp3) is 0.0833. The second-order valence-electron chi connectivity index (χ2n) is 7.55. The number of benzene rings is 3. The zero-order valence-electron chi connectivity index (χ0n) is 18.6. The lowest BCUT2D eigenvalue weighted by Gasteiger charge is -2.10. The van der Waals surface area contributed by atoms with E-state index in [1.54, 1.807) is 24.4 Å². The molecule has 1 amide bonds. The molecule has 1 N–H and O–H groups in total. The maximum absolute atomic E-state index is 12.7. The molecule has 1 heterocycles. The van der Waals surface area contributed by atoms with E-state index in [2.05, 4.69) is 10.4 Å². The molecular weight excluding hydrogens is 531 g/mol. The normalized spacial score (nSPS) is 10.7. The van der Waals surface area contributed by atoms with Crippen molar-refractivity contribution in [1.29, 1.82) is 0 Å². The maximum Gasteiger partial charge on any atom is 0.276 e. The third kappa shape index (κ3) is 6.25. The number of anilines is 1. The first-order chi connectivity index (χ1) is 17.2. The van der Waals surface area contributed by atoms with Crippen LogP contribution in [-0.4, -0.2) is 20.6 Å². The van der Waals surface area contributed by atoms with E-state index < -0.39 is 10.8 Å². The van der Waals surface area contributed by atoms with Gasteiger partial charge in [-0.3, -0.25) is 14.9 Å². The fourth-order valence-corrected chi connectivity index (χ4v) is 3.73. The molecule has 0 saturated carbocycles. The van der Waals surface area contributed by atoms with Crippen molar-refractivity contribution in [2.24, 2.45) is 0 Å². The Morgan fingerprint density at radius 3 is 2.58 bits per heavy atom. The minimum Gasteiger partial charge on any atom is -0.470 e. The Morgan fingerprint density at radius 1 is 1.03 bits per heavy atom. The van der Waals surface area contributed by atoms with Gasteiger partial charge in [-0.05, 0) is 48.9 Å². The van der Waals surface area contributed by atoms with Crippen LogP contribution in [0.3, 0.4) is 0 Å². The monoisotopic (exact) mass is 546 g/mol. The number of rotatable bonds is 8. The lowest BCUT2D eigenvalue weighted by molar-refractivity contribution is -0.384. The van der Waals surface area contributed by atoms with Crippen molar-refractivity contribution in [3.05, 3.63) is 103 Å². The standard InChI is InChI=1S/C24H17Cl3N4O5/c1-14-2-4-19(26)23(8-14)35-13-30-7-6-21(29-30)24(32)28-16-10-17(31(33)34)12-18(11-16)36-22-5-3-15(25)9-20(22)27/h2-12H,13H2,1H3,(H,28,32). The zero-order valence-corrected chi connectivity index (χ0v) is 20.8. The van der Waals surface area contributed by atoms with Crippen molar-refractivity contribution < 1.29 is 19.2 Å². The van der Waals surface area contributed by atoms with Gasteiger partial charge in [-0.1, -0.05) is 40.9 Å². The number of carbonyl (C=O) groups is 1. The SMILES string of the molecule is Cc1ccc(Cl)c(OCn2ccc(C(=O)Nc3cc(Oc4ccc(Cl)cc4Cl)cc([N+](=O)[O-])c3)n2)c1. The van der Waals surface area contributed by atoms with E-state index in [4.69, 9.17) is 44.3 Å². The summed E-state index contributed by atoms with van der Waals surface area (Å²) in [6.45, 7) is 1.93. The quantitative estimate of drug-likeness (QED) is 0.185. The van der Waals surface area contributed by atoms with Gasteiger partial charge in [0.1, 0.15) is 17.2 Å². The molecule has 0 fully saturated rings. The van der Waals surface area contributed by atoms with Crippen LogP contribution in [0, 0.1) is 17.0 Å². The first kappa shape index (κ1) is 25.3. The number of nitrogens with zero attached hydrogens (tertiary/aromatic N) is 3. The summed E-state index contributed by atoms with van der Waals surface area (Å²) in [5.41, 5.74) is 0.894. The van der Waals surface area contributed by atoms with Crippen LogP contribution in [-0.2, 0) is 6.73 Å². The molecule has 0 radical (unpaired) electrons. The van der Waals surface area contributed by atoms with Crippen molar-refractivity contribution in [2.45, 2.75) is 13.7 Å². The number of aromatic nitrogens is 2. The van der Waals surface area contributed by atoms with Gasteiger partial charge in [0, 0.05) is 23.4 Å². The molecule has 12 heteroatoms. The Morgan fingerprint density at radius 2 is 1.83 bits per heavy atom. The molecule has 1 aromatic heterocycles. The van der Waals surface area contributed by atoms with Crippen LogP contribution >= 0.6 is 34.8 Å². The first-order valence-electron chi connectivity index (χ1n) is 10.3. The molecule has 4 aromatic rings. The van der Waals surface area contributed by atoms with Crippen molar-refractivity contribution >= 4 is 52.1 Å². The number of ether oxygens (including phenoxy) is 2. The van der Waals surface area contributed by atoms with Crippen LogP contribution < -0.4 is 14.8 Å². The van der Waals surface area contributed by atoms with Crippen LogP contribution in [0.5, 0.6) is 17.2 Å². The molecule has 0 atom stereocenters. The second-order valence-corrected chi connectivity index (χ2v) is 8.80. The Hall–Kier alpha value is -3.79. The number of nitrogens with one attached hydrogen (secondary N) is 1. The van der Waals surface area contributed by atoms with Gasteiger partial charge in [-0.2, -0.15) is 5.10 Å². The second kappa shape index (κ2) is 10.9. The van der Waals surface area contributed by atoms with Crippen molar-refractivity contribution in [3.63, 3.8) is 0 Å². The van der Waals surface area contributed by atoms with Gasteiger partial charge < -0.3 is 14.8 Å². The Kier molecular flexibility index (Phi) is 7.64. The Labute approximate surface area is 220 Å². The van der Waals surface area contributed by atoms with Gasteiger partial charge in [0.05, 0.1) is 26.7 Å². The summed E-state index contributed by atoms with van der Waals surface area (Å²) in [6.07, 6.45) is 1.56. The van der Waals surface area contributed by atoms with E-state index in [9.17, 15) is 14.9 Å². The number of nitro benzene ring substituents is 1. The average molecular weight is 548 g/mol. The smallest absolute Gasteiger partial charge is 0.276 e. The molecule has 4 rings (SSSR count). The van der Waals surface area contributed by atoms with E-state index in [1.165, 1.54) is 41.1 Å². The van der Waals surface area contributed by atoms with Crippen molar-refractivity contribution in [3.8, 4) is 17.2 Å². The molecule has 0 aliphatic carbocycles. The topological polar surface area (TPSA) is 109 Å². The Bertz CT molecular complexity index is 1460. The molecule has 9 nitrogen and oxygen atoms in total. The summed E-state index contributed by atoms with van der Waals surface area (Å²) in [5, 5.41) is 19.3. The molecule has 0 aliphatic heterocycles. The van der Waals surface area contributed by atoms with E-state index in [0.717, 1.165) is 5.56 Å². The molecule has 0 saturated heterocycles. The molecule has 0 aliphatic rings. The lowest BCUT2D eigenvalue weighted by atomic mass is 10.2. The minimum atomic E-state index is -0.603. The molecule has 0 spiro atoms. The summed E-state index contributed by atoms with van der Waals surface area (Å²) >= 11 is 18.2. The fourth-order valence-electron chi connectivity index (χ4n) is 3.11. The highest BCUT2D eigenvalue weighted by molar-refractivity contribution is 6.35. The first-order valence-corrected chi connectivity index (χ1v) is 11.5. The van der Waals surface area contributed by atoms with Gasteiger partial charge in [0.15, 0.2) is 12.4 Å². The number of hydrogen-bond donors (Lipinski definition) is 1. The van der Waals surface area contributed by atoms with Crippen LogP contribution in [0.25, 0.3) is 0 Å². The largest absolute Gasteiger partial charge is 0.470 e. The molecule has 3 aromatic carbocycles. The van der Waals surface area contributed by atoms with E-state index >= 15 is 0 Å². The van der Waals surface area contributed by atoms with Crippen LogP contribution in [0.2, 0.25) is 15.1 Å². The van der Waals surface area contributed by atoms with E-state index in [0.29, 0.717) is 15.8 Å². The van der Waals surface area contributed by atoms with E-state index in [-0.39, 0.29) is 40.3 Å². The molecule has 36 heavy (non-hydrogen) atoms. The van der Waals surface area contributed by atoms with Crippen molar-refractivity contribution in [2.75, 3.05) is 5.32 Å². The van der Waals surface area contributed by atoms with Gasteiger partial charge in [0.2, 0.25) is 0 Å². The molecule has 0 bridgehead atoms. The predicted molar refractivity (Wildman–Crippen MR) is 137 cm³/mol.